The Morgan fingerprint density at radius 1 is 0.815 bits per heavy atom. The summed E-state index contributed by atoms with van der Waals surface area (Å²) < 4.78 is 66.2. The average molecular weight is 755 g/mol. The second-order valence-corrected chi connectivity index (χ2v) is 14.9. The number of carbonyl (C=O) groups excluding carboxylic acids is 3. The maximum Gasteiger partial charge on any atom is 0.432 e. The van der Waals surface area contributed by atoms with Crippen molar-refractivity contribution in [1.29, 1.82) is 5.41 Å². The molecule has 1 unspecified atom stereocenters. The van der Waals surface area contributed by atoms with E-state index in [2.05, 4.69) is 26.6 Å². The van der Waals surface area contributed by atoms with E-state index < -0.39 is 58.7 Å². The van der Waals surface area contributed by atoms with Crippen LogP contribution in [-0.4, -0.2) is 47.7 Å². The van der Waals surface area contributed by atoms with E-state index in [1.807, 2.05) is 0 Å². The maximum atomic E-state index is 15.3. The van der Waals surface area contributed by atoms with Gasteiger partial charge < -0.3 is 30.7 Å². The van der Waals surface area contributed by atoms with Gasteiger partial charge in [0.1, 0.15) is 28.4 Å². The molecule has 3 aromatic rings. The summed E-state index contributed by atoms with van der Waals surface area (Å²) in [6, 6.07) is 16.7. The van der Waals surface area contributed by atoms with Gasteiger partial charge in [-0.25, -0.2) is 14.0 Å². The number of hydrogen-bond donors (Lipinski definition) is 6. The molecule has 1 fully saturated rings. The van der Waals surface area contributed by atoms with Crippen LogP contribution >= 0.6 is 0 Å². The fraction of sp³-hybridized carbons (Fsp3) is 0.385. The number of halogens is 4. The predicted octanol–water partition coefficient (Wildman–Crippen LogP) is 8.80. The molecule has 1 aliphatic rings. The summed E-state index contributed by atoms with van der Waals surface area (Å²) in [5.74, 6) is -1.52. The molecular formula is C39H46F4N6O5. The molecule has 0 bridgehead atoms. The summed E-state index contributed by atoms with van der Waals surface area (Å²) in [7, 11) is 0. The third-order valence-electron chi connectivity index (χ3n) is 7.65. The van der Waals surface area contributed by atoms with E-state index in [9.17, 15) is 27.6 Å². The minimum absolute atomic E-state index is 0.00494. The summed E-state index contributed by atoms with van der Waals surface area (Å²) in [5.41, 5.74) is -1.73. The van der Waals surface area contributed by atoms with Gasteiger partial charge in [-0.1, -0.05) is 30.3 Å². The van der Waals surface area contributed by atoms with Crippen LogP contribution in [0, 0.1) is 17.1 Å². The minimum atomic E-state index is -5.07. The van der Waals surface area contributed by atoms with E-state index in [0.29, 0.717) is 35.4 Å². The van der Waals surface area contributed by atoms with Crippen LogP contribution in [0.3, 0.4) is 0 Å². The molecule has 54 heavy (non-hydrogen) atoms. The SMILES string of the molecule is CC(C)(C)OC(=O)NCc1cccc(N/C(=C\C(=N)C(F)(F)F)C(=O)Nc2cc(C(NCC3CC3)c3ccc(NC(=O)OC(C)(C)C)cc3)ccc2F)c1. The first kappa shape index (κ1) is 41.3. The Hall–Kier alpha value is -5.44. The van der Waals surface area contributed by atoms with Crippen molar-refractivity contribution in [3.63, 3.8) is 0 Å². The van der Waals surface area contributed by atoms with E-state index in [1.54, 1.807) is 77.9 Å². The van der Waals surface area contributed by atoms with Crippen molar-refractivity contribution in [2.75, 3.05) is 22.5 Å². The largest absolute Gasteiger partial charge is 0.444 e. The number of nitrogens with one attached hydrogen (secondary N) is 6. The van der Waals surface area contributed by atoms with Gasteiger partial charge in [0.25, 0.3) is 5.91 Å². The zero-order valence-corrected chi connectivity index (χ0v) is 31.0. The summed E-state index contributed by atoms with van der Waals surface area (Å²) in [5, 5.41) is 21.3. The molecule has 0 aromatic heterocycles. The van der Waals surface area contributed by atoms with Crippen LogP contribution in [-0.2, 0) is 20.8 Å². The zero-order chi connectivity index (χ0) is 39.8. The summed E-state index contributed by atoms with van der Waals surface area (Å²) in [6.07, 6.45) is -3.94. The summed E-state index contributed by atoms with van der Waals surface area (Å²) in [6.45, 7) is 11.0. The molecule has 0 radical (unpaired) electrons. The van der Waals surface area contributed by atoms with Crippen LogP contribution in [0.1, 0.15) is 77.1 Å². The molecule has 0 spiro atoms. The van der Waals surface area contributed by atoms with Crippen molar-refractivity contribution >= 4 is 40.9 Å². The van der Waals surface area contributed by atoms with Crippen LogP contribution in [0.25, 0.3) is 0 Å². The molecule has 290 valence electrons. The highest BCUT2D eigenvalue weighted by Crippen LogP contribution is 2.32. The number of allylic oxidation sites excluding steroid dienone is 1. The first-order chi connectivity index (χ1) is 25.1. The Morgan fingerprint density at radius 3 is 2.06 bits per heavy atom. The van der Waals surface area contributed by atoms with E-state index in [0.717, 1.165) is 24.5 Å². The Morgan fingerprint density at radius 2 is 1.44 bits per heavy atom. The van der Waals surface area contributed by atoms with Gasteiger partial charge >= 0.3 is 18.4 Å². The molecule has 1 atom stereocenters. The van der Waals surface area contributed by atoms with Gasteiger partial charge in [-0.15, -0.1) is 0 Å². The second kappa shape index (κ2) is 17.1. The summed E-state index contributed by atoms with van der Waals surface area (Å²) in [4.78, 5) is 37.9. The number of carbonyl (C=O) groups is 3. The molecule has 3 amide bonds. The van der Waals surface area contributed by atoms with Gasteiger partial charge in [0.05, 0.1) is 11.7 Å². The van der Waals surface area contributed by atoms with Crippen LogP contribution in [0.2, 0.25) is 0 Å². The van der Waals surface area contributed by atoms with E-state index in [-0.39, 0.29) is 17.9 Å². The number of rotatable bonds is 13. The standard InChI is InChI=1S/C39H46F4N6O5/c1-37(2,3)53-35(51)46-22-24-8-7-9-28(18-24)47-31(20-32(44)39(41,42)43)34(50)49-30-19-26(14-17-29(30)40)33(45-21-23-10-11-23)25-12-15-27(16-13-25)48-36(52)54-38(4,5)6/h7-9,12-20,23,33,44-45,47H,10-11,21-22H2,1-6H3,(H,46,51)(H,48,52)(H,49,50)/b31-20-,44-32?. The van der Waals surface area contributed by atoms with Crippen molar-refractivity contribution in [3.05, 3.63) is 101 Å². The van der Waals surface area contributed by atoms with Crippen molar-refractivity contribution in [3.8, 4) is 0 Å². The number of amides is 3. The number of alkyl carbamates (subject to hydrolysis) is 1. The molecule has 1 aliphatic carbocycles. The van der Waals surface area contributed by atoms with E-state index in [4.69, 9.17) is 14.9 Å². The van der Waals surface area contributed by atoms with Gasteiger partial charge in [-0.3, -0.25) is 15.5 Å². The van der Waals surface area contributed by atoms with Crippen molar-refractivity contribution in [1.82, 2.24) is 10.6 Å². The molecule has 3 aromatic carbocycles. The third-order valence-corrected chi connectivity index (χ3v) is 7.65. The zero-order valence-electron chi connectivity index (χ0n) is 31.0. The lowest BCUT2D eigenvalue weighted by Crippen LogP contribution is -2.32. The third kappa shape index (κ3) is 13.5. The average Bonchev–Trinajstić information content (AvgIpc) is 3.88. The fourth-order valence-corrected chi connectivity index (χ4v) is 5.01. The monoisotopic (exact) mass is 754 g/mol. The number of benzene rings is 3. The van der Waals surface area contributed by atoms with Crippen molar-refractivity contribution in [2.45, 2.75) is 84.3 Å². The highest BCUT2D eigenvalue weighted by molar-refractivity contribution is 6.11. The van der Waals surface area contributed by atoms with Crippen LogP contribution in [0.5, 0.6) is 0 Å². The molecular weight excluding hydrogens is 708 g/mol. The number of ether oxygens (including phenoxy) is 2. The van der Waals surface area contributed by atoms with Crippen molar-refractivity contribution in [2.24, 2.45) is 5.92 Å². The van der Waals surface area contributed by atoms with Gasteiger partial charge in [0.15, 0.2) is 0 Å². The molecule has 15 heteroatoms. The number of anilines is 3. The normalized spacial score (nSPS) is 14.1. The Bertz CT molecular complexity index is 1860. The molecule has 0 heterocycles. The van der Waals surface area contributed by atoms with E-state index in [1.165, 1.54) is 24.3 Å². The number of alkyl halides is 3. The first-order valence-corrected chi connectivity index (χ1v) is 17.3. The van der Waals surface area contributed by atoms with Gasteiger partial charge in [0.2, 0.25) is 0 Å². The van der Waals surface area contributed by atoms with Gasteiger partial charge in [-0.05, 0) is 126 Å². The maximum absolute atomic E-state index is 15.3. The fourth-order valence-electron chi connectivity index (χ4n) is 5.01. The predicted molar refractivity (Wildman–Crippen MR) is 199 cm³/mol. The first-order valence-electron chi connectivity index (χ1n) is 17.3. The summed E-state index contributed by atoms with van der Waals surface area (Å²) >= 11 is 0. The van der Waals surface area contributed by atoms with Gasteiger partial charge in [0, 0.05) is 17.9 Å². The molecule has 6 N–H and O–H groups in total. The lowest BCUT2D eigenvalue weighted by molar-refractivity contribution is -0.112. The number of hydrogen-bond acceptors (Lipinski definition) is 8. The Balaban J connectivity index is 1.57. The molecule has 0 aliphatic heterocycles. The molecule has 4 rings (SSSR count). The minimum Gasteiger partial charge on any atom is -0.444 e. The smallest absolute Gasteiger partial charge is 0.432 e. The topological polar surface area (TPSA) is 154 Å². The molecule has 11 nitrogen and oxygen atoms in total. The van der Waals surface area contributed by atoms with Crippen LogP contribution in [0.4, 0.5) is 44.2 Å². The highest BCUT2D eigenvalue weighted by atomic mass is 19.4. The lowest BCUT2D eigenvalue weighted by atomic mass is 9.97. The van der Waals surface area contributed by atoms with Gasteiger partial charge in [-0.2, -0.15) is 13.2 Å². The van der Waals surface area contributed by atoms with Crippen LogP contribution < -0.4 is 26.6 Å². The van der Waals surface area contributed by atoms with Crippen LogP contribution in [0.15, 0.2) is 78.5 Å². The Kier molecular flexibility index (Phi) is 13.1. The quantitative estimate of drug-likeness (QED) is 0.0579. The molecule has 0 saturated heterocycles. The van der Waals surface area contributed by atoms with E-state index >= 15 is 4.39 Å². The Labute approximate surface area is 311 Å². The van der Waals surface area contributed by atoms with Crippen molar-refractivity contribution < 1.29 is 41.4 Å². The molecule has 1 saturated carbocycles. The lowest BCUT2D eigenvalue weighted by Gasteiger charge is -2.22. The highest BCUT2D eigenvalue weighted by Gasteiger charge is 2.34. The second-order valence-electron chi connectivity index (χ2n) is 14.9.